The Morgan fingerprint density at radius 2 is 2.05 bits per heavy atom. The van der Waals surface area contributed by atoms with Crippen molar-refractivity contribution in [3.05, 3.63) is 30.1 Å². The van der Waals surface area contributed by atoms with Crippen LogP contribution in [-0.2, 0) is 6.42 Å². The lowest BCUT2D eigenvalue weighted by atomic mass is 9.64. The fraction of sp³-hybridized carbons (Fsp3) is 0.667. The molecular weight excluding hydrogens is 256 g/mol. The van der Waals surface area contributed by atoms with Crippen LogP contribution in [0.5, 0.6) is 0 Å². The zero-order chi connectivity index (χ0) is 14.8. The number of nitrogens with zero attached hydrogens (tertiary/aromatic N) is 2. The molecular formula is C15H24N2O3. The minimum Gasteiger partial charge on any atom is -0.396 e. The van der Waals surface area contributed by atoms with Crippen molar-refractivity contribution >= 4 is 0 Å². The van der Waals surface area contributed by atoms with Crippen LogP contribution in [0.15, 0.2) is 24.4 Å². The highest BCUT2D eigenvalue weighted by atomic mass is 16.3. The summed E-state index contributed by atoms with van der Waals surface area (Å²) >= 11 is 0. The number of pyridine rings is 1. The van der Waals surface area contributed by atoms with E-state index in [1.54, 1.807) is 6.20 Å². The van der Waals surface area contributed by atoms with Crippen LogP contribution in [0.1, 0.15) is 12.6 Å². The zero-order valence-corrected chi connectivity index (χ0v) is 12.2. The first-order chi connectivity index (χ1) is 9.46. The summed E-state index contributed by atoms with van der Waals surface area (Å²) in [4.78, 5) is 6.35. The fourth-order valence-corrected chi connectivity index (χ4v) is 3.47. The second-order valence-electron chi connectivity index (χ2n) is 6.41. The van der Waals surface area contributed by atoms with Crippen LogP contribution in [0.25, 0.3) is 0 Å². The summed E-state index contributed by atoms with van der Waals surface area (Å²) in [6.45, 7) is 2.80. The standard InChI is InChI=1S/C15H24N2O3/c1-14(10-18)8-17(2)9-15(11-19,13(14)20)7-12-5-3-4-6-16-12/h3-6,13,18-20H,7-11H2,1-2H3. The summed E-state index contributed by atoms with van der Waals surface area (Å²) in [5, 5.41) is 30.3. The van der Waals surface area contributed by atoms with E-state index in [1.807, 2.05) is 32.2 Å². The lowest BCUT2D eigenvalue weighted by Gasteiger charge is -2.53. The van der Waals surface area contributed by atoms with Crippen molar-refractivity contribution in [1.29, 1.82) is 0 Å². The largest absolute Gasteiger partial charge is 0.396 e. The molecule has 1 aromatic rings. The molecule has 0 aromatic carbocycles. The van der Waals surface area contributed by atoms with Gasteiger partial charge in [-0.15, -0.1) is 0 Å². The molecule has 3 unspecified atom stereocenters. The van der Waals surface area contributed by atoms with Gasteiger partial charge >= 0.3 is 0 Å². The highest BCUT2D eigenvalue weighted by molar-refractivity contribution is 5.12. The van der Waals surface area contributed by atoms with Gasteiger partial charge in [-0.2, -0.15) is 0 Å². The van der Waals surface area contributed by atoms with E-state index in [-0.39, 0.29) is 13.2 Å². The topological polar surface area (TPSA) is 76.8 Å². The third kappa shape index (κ3) is 2.72. The van der Waals surface area contributed by atoms with Crippen molar-refractivity contribution in [2.24, 2.45) is 10.8 Å². The normalized spacial score (nSPS) is 35.1. The minimum atomic E-state index is -0.775. The smallest absolute Gasteiger partial charge is 0.0722 e. The van der Waals surface area contributed by atoms with Gasteiger partial charge in [0.2, 0.25) is 0 Å². The number of rotatable bonds is 4. The molecule has 0 saturated carbocycles. The molecule has 112 valence electrons. The highest BCUT2D eigenvalue weighted by Crippen LogP contribution is 2.41. The molecule has 1 saturated heterocycles. The van der Waals surface area contributed by atoms with Gasteiger partial charge in [0.15, 0.2) is 0 Å². The number of aromatic nitrogens is 1. The molecule has 1 aromatic heterocycles. The molecule has 2 heterocycles. The molecule has 3 N–H and O–H groups in total. The van der Waals surface area contributed by atoms with E-state index in [4.69, 9.17) is 0 Å². The Balaban J connectivity index is 2.32. The maximum Gasteiger partial charge on any atom is 0.0722 e. The van der Waals surface area contributed by atoms with E-state index in [0.29, 0.717) is 19.5 Å². The van der Waals surface area contributed by atoms with Crippen LogP contribution in [0.3, 0.4) is 0 Å². The SMILES string of the molecule is CN1CC(C)(CO)C(O)C(CO)(Cc2ccccn2)C1. The van der Waals surface area contributed by atoms with Crippen LogP contribution in [0, 0.1) is 10.8 Å². The Hall–Kier alpha value is -1.01. The van der Waals surface area contributed by atoms with Gasteiger partial charge < -0.3 is 20.2 Å². The monoisotopic (exact) mass is 280 g/mol. The Bertz CT molecular complexity index is 442. The van der Waals surface area contributed by atoms with Gasteiger partial charge in [-0.05, 0) is 19.2 Å². The first-order valence-corrected chi connectivity index (χ1v) is 6.94. The molecule has 5 heteroatoms. The summed E-state index contributed by atoms with van der Waals surface area (Å²) in [6.07, 6.45) is 1.43. The fourth-order valence-electron chi connectivity index (χ4n) is 3.47. The van der Waals surface area contributed by atoms with E-state index in [9.17, 15) is 15.3 Å². The Morgan fingerprint density at radius 1 is 1.30 bits per heavy atom. The van der Waals surface area contributed by atoms with Crippen molar-refractivity contribution in [2.75, 3.05) is 33.4 Å². The lowest BCUT2D eigenvalue weighted by molar-refractivity contribution is -0.156. The van der Waals surface area contributed by atoms with E-state index >= 15 is 0 Å². The quantitative estimate of drug-likeness (QED) is 0.718. The summed E-state index contributed by atoms with van der Waals surface area (Å²) in [7, 11) is 1.95. The van der Waals surface area contributed by atoms with Gasteiger partial charge in [0.1, 0.15) is 0 Å². The molecule has 1 fully saturated rings. The van der Waals surface area contributed by atoms with Gasteiger partial charge in [0, 0.05) is 42.2 Å². The molecule has 1 aliphatic rings. The molecule has 20 heavy (non-hydrogen) atoms. The van der Waals surface area contributed by atoms with E-state index < -0.39 is 16.9 Å². The van der Waals surface area contributed by atoms with E-state index in [2.05, 4.69) is 9.88 Å². The van der Waals surface area contributed by atoms with Gasteiger partial charge in [-0.3, -0.25) is 4.98 Å². The molecule has 0 aliphatic carbocycles. The first kappa shape index (κ1) is 15.4. The molecule has 2 rings (SSSR count). The maximum atomic E-state index is 10.7. The Labute approximate surface area is 119 Å². The molecule has 0 bridgehead atoms. The molecule has 0 spiro atoms. The summed E-state index contributed by atoms with van der Waals surface area (Å²) < 4.78 is 0. The predicted octanol–water partition coefficient (Wildman–Crippen LogP) is -0.0923. The van der Waals surface area contributed by atoms with E-state index in [1.165, 1.54) is 0 Å². The van der Waals surface area contributed by atoms with Crippen molar-refractivity contribution in [1.82, 2.24) is 9.88 Å². The van der Waals surface area contributed by atoms with Crippen molar-refractivity contribution < 1.29 is 15.3 Å². The third-order valence-corrected chi connectivity index (χ3v) is 4.39. The molecule has 0 radical (unpaired) electrons. The average molecular weight is 280 g/mol. The minimum absolute atomic E-state index is 0.109. The number of likely N-dealkylation sites (tertiary alicyclic amines) is 1. The van der Waals surface area contributed by atoms with Crippen LogP contribution >= 0.6 is 0 Å². The highest BCUT2D eigenvalue weighted by Gasteiger charge is 2.52. The van der Waals surface area contributed by atoms with E-state index in [0.717, 1.165) is 5.69 Å². The molecule has 3 atom stereocenters. The Kier molecular flexibility index (Phi) is 4.44. The second-order valence-corrected chi connectivity index (χ2v) is 6.41. The number of hydrogen-bond acceptors (Lipinski definition) is 5. The van der Waals surface area contributed by atoms with Crippen LogP contribution in [0.4, 0.5) is 0 Å². The third-order valence-electron chi connectivity index (χ3n) is 4.39. The average Bonchev–Trinajstić information content (AvgIpc) is 2.45. The van der Waals surface area contributed by atoms with Crippen molar-refractivity contribution in [2.45, 2.75) is 19.4 Å². The van der Waals surface area contributed by atoms with Gasteiger partial charge in [0.05, 0.1) is 19.3 Å². The van der Waals surface area contributed by atoms with Crippen molar-refractivity contribution in [3.8, 4) is 0 Å². The van der Waals surface area contributed by atoms with Crippen LogP contribution in [-0.4, -0.2) is 64.7 Å². The molecule has 0 amide bonds. The number of aliphatic hydroxyl groups is 3. The number of aliphatic hydroxyl groups excluding tert-OH is 3. The summed E-state index contributed by atoms with van der Waals surface area (Å²) in [6, 6.07) is 5.64. The van der Waals surface area contributed by atoms with Gasteiger partial charge in [0.25, 0.3) is 0 Å². The predicted molar refractivity (Wildman–Crippen MR) is 76.2 cm³/mol. The first-order valence-electron chi connectivity index (χ1n) is 6.94. The maximum absolute atomic E-state index is 10.7. The summed E-state index contributed by atoms with van der Waals surface area (Å²) in [5.74, 6) is 0. The number of hydrogen-bond donors (Lipinski definition) is 3. The second kappa shape index (κ2) is 5.77. The zero-order valence-electron chi connectivity index (χ0n) is 12.2. The molecule has 1 aliphatic heterocycles. The summed E-state index contributed by atoms with van der Waals surface area (Å²) in [5.41, 5.74) is -0.486. The van der Waals surface area contributed by atoms with Gasteiger partial charge in [-0.25, -0.2) is 0 Å². The Morgan fingerprint density at radius 3 is 2.60 bits per heavy atom. The lowest BCUT2D eigenvalue weighted by Crippen LogP contribution is -2.63. The van der Waals surface area contributed by atoms with Crippen LogP contribution in [0.2, 0.25) is 0 Å². The molecule has 5 nitrogen and oxygen atoms in total. The van der Waals surface area contributed by atoms with Crippen LogP contribution < -0.4 is 0 Å². The number of piperidine rings is 1. The van der Waals surface area contributed by atoms with Crippen molar-refractivity contribution in [3.63, 3.8) is 0 Å². The van der Waals surface area contributed by atoms with Gasteiger partial charge in [-0.1, -0.05) is 13.0 Å².